The third-order valence-corrected chi connectivity index (χ3v) is 4.95. The fourth-order valence-electron chi connectivity index (χ4n) is 2.71. The van der Waals surface area contributed by atoms with Crippen LogP contribution in [0.3, 0.4) is 0 Å². The van der Waals surface area contributed by atoms with Crippen LogP contribution in [-0.4, -0.2) is 28.1 Å². The maximum Gasteiger partial charge on any atom is 0.107 e. The second-order valence-corrected chi connectivity index (χ2v) is 7.15. The SMILES string of the molecule is Cc1nc(CN2CCCC(C)C2)sc1C(C)(C)O. The van der Waals surface area contributed by atoms with E-state index >= 15 is 0 Å². The molecule has 1 aromatic heterocycles. The first-order valence-electron chi connectivity index (χ1n) is 6.78. The molecule has 0 bridgehead atoms. The van der Waals surface area contributed by atoms with Gasteiger partial charge in [0, 0.05) is 6.54 Å². The van der Waals surface area contributed by atoms with E-state index in [1.165, 1.54) is 25.9 Å². The number of aromatic nitrogens is 1. The molecule has 2 rings (SSSR count). The van der Waals surface area contributed by atoms with Gasteiger partial charge in [0.25, 0.3) is 0 Å². The fourth-order valence-corrected chi connectivity index (χ4v) is 3.82. The van der Waals surface area contributed by atoms with Crippen LogP contribution in [0.15, 0.2) is 0 Å². The van der Waals surface area contributed by atoms with Crippen molar-refractivity contribution in [1.82, 2.24) is 9.88 Å². The molecular formula is C14H24N2OS. The highest BCUT2D eigenvalue weighted by Gasteiger charge is 2.24. The summed E-state index contributed by atoms with van der Waals surface area (Å²) in [5.74, 6) is 0.800. The molecule has 1 aromatic rings. The van der Waals surface area contributed by atoms with Gasteiger partial charge in [0.15, 0.2) is 0 Å². The van der Waals surface area contributed by atoms with Crippen molar-refractivity contribution in [1.29, 1.82) is 0 Å². The average Bonchev–Trinajstić information content (AvgIpc) is 2.59. The number of piperidine rings is 1. The molecule has 1 atom stereocenters. The highest BCUT2D eigenvalue weighted by molar-refractivity contribution is 7.11. The minimum Gasteiger partial charge on any atom is -0.385 e. The van der Waals surface area contributed by atoms with Gasteiger partial charge in [-0.1, -0.05) is 6.92 Å². The summed E-state index contributed by atoms with van der Waals surface area (Å²) in [4.78, 5) is 8.10. The molecule has 1 N–H and O–H groups in total. The molecule has 1 aliphatic rings. The van der Waals surface area contributed by atoms with E-state index in [4.69, 9.17) is 0 Å². The summed E-state index contributed by atoms with van der Waals surface area (Å²) in [5, 5.41) is 11.2. The first kappa shape index (κ1) is 14.0. The third-order valence-electron chi connectivity index (χ3n) is 3.50. The monoisotopic (exact) mass is 268 g/mol. The number of hydrogen-bond acceptors (Lipinski definition) is 4. The van der Waals surface area contributed by atoms with Crippen molar-refractivity contribution in [2.75, 3.05) is 13.1 Å². The Morgan fingerprint density at radius 2 is 2.22 bits per heavy atom. The molecule has 0 radical (unpaired) electrons. The molecule has 3 nitrogen and oxygen atoms in total. The number of nitrogens with zero attached hydrogens (tertiary/aromatic N) is 2. The Labute approximate surface area is 114 Å². The Morgan fingerprint density at radius 3 is 2.78 bits per heavy atom. The van der Waals surface area contributed by atoms with Crippen LogP contribution in [-0.2, 0) is 12.1 Å². The third kappa shape index (κ3) is 3.31. The lowest BCUT2D eigenvalue weighted by molar-refractivity contribution is 0.0817. The van der Waals surface area contributed by atoms with Crippen LogP contribution >= 0.6 is 11.3 Å². The Hall–Kier alpha value is -0.450. The van der Waals surface area contributed by atoms with Crippen molar-refractivity contribution in [2.24, 2.45) is 5.92 Å². The van der Waals surface area contributed by atoms with Gasteiger partial charge in [-0.2, -0.15) is 0 Å². The number of likely N-dealkylation sites (tertiary alicyclic amines) is 1. The van der Waals surface area contributed by atoms with Gasteiger partial charge in [-0.05, 0) is 46.1 Å². The van der Waals surface area contributed by atoms with E-state index in [1.807, 2.05) is 20.8 Å². The molecule has 102 valence electrons. The summed E-state index contributed by atoms with van der Waals surface area (Å²) in [6.07, 6.45) is 2.65. The molecule has 1 saturated heterocycles. The number of aryl methyl sites for hydroxylation is 1. The zero-order valence-electron chi connectivity index (χ0n) is 11.9. The molecule has 1 fully saturated rings. The van der Waals surface area contributed by atoms with E-state index in [9.17, 15) is 5.11 Å². The average molecular weight is 268 g/mol. The highest BCUT2D eigenvalue weighted by Crippen LogP contribution is 2.30. The van der Waals surface area contributed by atoms with Crippen LogP contribution in [0.1, 0.15) is 49.2 Å². The molecule has 0 aliphatic carbocycles. The molecule has 2 heterocycles. The topological polar surface area (TPSA) is 36.4 Å². The molecule has 4 heteroatoms. The highest BCUT2D eigenvalue weighted by atomic mass is 32.1. The molecule has 0 spiro atoms. The van der Waals surface area contributed by atoms with E-state index in [2.05, 4.69) is 16.8 Å². The summed E-state index contributed by atoms with van der Waals surface area (Å²) in [5.41, 5.74) is 0.211. The summed E-state index contributed by atoms with van der Waals surface area (Å²) in [6.45, 7) is 11.3. The van der Waals surface area contributed by atoms with E-state index in [0.29, 0.717) is 0 Å². The Bertz CT molecular complexity index is 408. The van der Waals surface area contributed by atoms with Crippen LogP contribution in [0.2, 0.25) is 0 Å². The van der Waals surface area contributed by atoms with Gasteiger partial charge in [0.1, 0.15) is 5.01 Å². The van der Waals surface area contributed by atoms with Crippen molar-refractivity contribution >= 4 is 11.3 Å². The first-order chi connectivity index (χ1) is 8.36. The van der Waals surface area contributed by atoms with Gasteiger partial charge >= 0.3 is 0 Å². The second-order valence-electron chi connectivity index (χ2n) is 6.06. The minimum atomic E-state index is -0.769. The van der Waals surface area contributed by atoms with Crippen molar-refractivity contribution in [2.45, 2.75) is 52.7 Å². The summed E-state index contributed by atoms with van der Waals surface area (Å²) >= 11 is 1.66. The summed E-state index contributed by atoms with van der Waals surface area (Å²) in [7, 11) is 0. The summed E-state index contributed by atoms with van der Waals surface area (Å²) in [6, 6.07) is 0. The second kappa shape index (κ2) is 5.27. The van der Waals surface area contributed by atoms with Crippen molar-refractivity contribution in [3.63, 3.8) is 0 Å². The normalized spacial score (nSPS) is 22.4. The predicted octanol–water partition coefficient (Wildman–Crippen LogP) is 2.91. The van der Waals surface area contributed by atoms with Gasteiger partial charge in [0.2, 0.25) is 0 Å². The van der Waals surface area contributed by atoms with Gasteiger partial charge in [-0.3, -0.25) is 4.90 Å². The van der Waals surface area contributed by atoms with Crippen LogP contribution in [0, 0.1) is 12.8 Å². The maximum absolute atomic E-state index is 10.1. The van der Waals surface area contributed by atoms with Gasteiger partial charge in [-0.25, -0.2) is 4.98 Å². The van der Waals surface area contributed by atoms with Crippen LogP contribution in [0.4, 0.5) is 0 Å². The quantitative estimate of drug-likeness (QED) is 0.915. The van der Waals surface area contributed by atoms with E-state index in [0.717, 1.165) is 28.0 Å². The lowest BCUT2D eigenvalue weighted by atomic mass is 10.0. The van der Waals surface area contributed by atoms with Crippen LogP contribution in [0.25, 0.3) is 0 Å². The Morgan fingerprint density at radius 1 is 1.50 bits per heavy atom. The van der Waals surface area contributed by atoms with Gasteiger partial charge in [-0.15, -0.1) is 11.3 Å². The zero-order valence-corrected chi connectivity index (χ0v) is 12.7. The molecule has 18 heavy (non-hydrogen) atoms. The Kier molecular flexibility index (Phi) is 4.09. The van der Waals surface area contributed by atoms with Crippen molar-refractivity contribution < 1.29 is 5.11 Å². The molecule has 1 aliphatic heterocycles. The molecule has 0 amide bonds. The maximum atomic E-state index is 10.1. The zero-order chi connectivity index (χ0) is 13.3. The number of hydrogen-bond donors (Lipinski definition) is 1. The molecule has 0 aromatic carbocycles. The smallest absolute Gasteiger partial charge is 0.107 e. The lowest BCUT2D eigenvalue weighted by Gasteiger charge is -2.29. The van der Waals surface area contributed by atoms with Crippen molar-refractivity contribution in [3.8, 4) is 0 Å². The van der Waals surface area contributed by atoms with Crippen LogP contribution < -0.4 is 0 Å². The number of thiazole rings is 1. The number of aliphatic hydroxyl groups is 1. The van der Waals surface area contributed by atoms with E-state index < -0.39 is 5.60 Å². The Balaban J connectivity index is 2.06. The van der Waals surface area contributed by atoms with E-state index in [1.54, 1.807) is 11.3 Å². The van der Waals surface area contributed by atoms with E-state index in [-0.39, 0.29) is 0 Å². The van der Waals surface area contributed by atoms with Crippen LogP contribution in [0.5, 0.6) is 0 Å². The molecule has 1 unspecified atom stereocenters. The molecular weight excluding hydrogens is 244 g/mol. The van der Waals surface area contributed by atoms with Gasteiger partial charge in [0.05, 0.1) is 22.7 Å². The standard InChI is InChI=1S/C14H24N2OS/c1-10-6-5-7-16(8-10)9-12-15-11(2)13(18-12)14(3,4)17/h10,17H,5-9H2,1-4H3. The largest absolute Gasteiger partial charge is 0.385 e. The summed E-state index contributed by atoms with van der Waals surface area (Å²) < 4.78 is 0. The fraction of sp³-hybridized carbons (Fsp3) is 0.786. The van der Waals surface area contributed by atoms with Gasteiger partial charge < -0.3 is 5.11 Å². The van der Waals surface area contributed by atoms with Crippen molar-refractivity contribution in [3.05, 3.63) is 15.6 Å². The molecule has 0 saturated carbocycles. The lowest BCUT2D eigenvalue weighted by Crippen LogP contribution is -2.33. The number of rotatable bonds is 3. The predicted molar refractivity (Wildman–Crippen MR) is 75.8 cm³/mol. The first-order valence-corrected chi connectivity index (χ1v) is 7.59. The minimum absolute atomic E-state index is 0.769.